The molecule has 2 heteroatoms. The minimum atomic E-state index is 0.810. The molecule has 0 heterocycles. The first-order valence-electron chi connectivity index (χ1n) is 4.68. The second-order valence-electron chi connectivity index (χ2n) is 3.70. The van der Waals surface area contributed by atoms with Gasteiger partial charge in [-0.2, -0.15) is 0 Å². The fourth-order valence-electron chi connectivity index (χ4n) is 1.18. The van der Waals surface area contributed by atoms with Crippen molar-refractivity contribution in [3.05, 3.63) is 23.8 Å². The van der Waals surface area contributed by atoms with Gasteiger partial charge >= 0.3 is 0 Å². The van der Waals surface area contributed by atoms with Gasteiger partial charge in [-0.1, -0.05) is 6.07 Å². The topological polar surface area (TPSA) is 9.23 Å². The monoisotopic (exact) mass is 194 g/mol. The molecule has 13 heavy (non-hydrogen) atoms. The molecule has 2 rings (SSSR count). The minimum Gasteiger partial charge on any atom is -0.493 e. The highest BCUT2D eigenvalue weighted by atomic mass is 32.1. The van der Waals surface area contributed by atoms with Crippen LogP contribution in [0.1, 0.15) is 18.4 Å². The summed E-state index contributed by atoms with van der Waals surface area (Å²) in [4.78, 5) is 1.01. The number of thiol groups is 1. The molecule has 1 aliphatic rings. The van der Waals surface area contributed by atoms with E-state index in [2.05, 4.69) is 12.6 Å². The lowest BCUT2D eigenvalue weighted by Gasteiger charge is -2.06. The van der Waals surface area contributed by atoms with Gasteiger partial charge in [-0.3, -0.25) is 0 Å². The van der Waals surface area contributed by atoms with Crippen molar-refractivity contribution in [1.82, 2.24) is 0 Å². The maximum absolute atomic E-state index is 5.62. The molecule has 0 radical (unpaired) electrons. The van der Waals surface area contributed by atoms with Crippen molar-refractivity contribution in [1.29, 1.82) is 0 Å². The molecule has 1 fully saturated rings. The van der Waals surface area contributed by atoms with Gasteiger partial charge in [0.25, 0.3) is 0 Å². The van der Waals surface area contributed by atoms with Gasteiger partial charge in [0, 0.05) is 4.90 Å². The Morgan fingerprint density at radius 3 is 2.85 bits per heavy atom. The van der Waals surface area contributed by atoms with E-state index >= 15 is 0 Å². The zero-order valence-corrected chi connectivity index (χ0v) is 8.68. The summed E-state index contributed by atoms with van der Waals surface area (Å²) >= 11 is 4.35. The first-order chi connectivity index (χ1) is 6.25. The van der Waals surface area contributed by atoms with Crippen LogP contribution in [0.15, 0.2) is 23.1 Å². The number of hydrogen-bond acceptors (Lipinski definition) is 2. The average molecular weight is 194 g/mol. The third-order valence-electron chi connectivity index (χ3n) is 2.36. The third kappa shape index (κ3) is 2.41. The molecule has 1 aromatic carbocycles. The molecule has 0 unspecified atom stereocenters. The zero-order chi connectivity index (χ0) is 9.26. The van der Waals surface area contributed by atoms with Gasteiger partial charge < -0.3 is 4.74 Å². The zero-order valence-electron chi connectivity index (χ0n) is 7.79. The lowest BCUT2D eigenvalue weighted by atomic mass is 10.2. The molecule has 0 N–H and O–H groups in total. The van der Waals surface area contributed by atoms with Crippen molar-refractivity contribution in [2.24, 2.45) is 5.92 Å². The minimum absolute atomic E-state index is 0.810. The van der Waals surface area contributed by atoms with Gasteiger partial charge in [0.1, 0.15) is 5.75 Å². The molecule has 0 bridgehead atoms. The van der Waals surface area contributed by atoms with E-state index in [4.69, 9.17) is 4.74 Å². The summed E-state index contributed by atoms with van der Waals surface area (Å²) in [5.41, 5.74) is 1.20. The predicted octanol–water partition coefficient (Wildman–Crippen LogP) is 3.07. The molecule has 0 aliphatic heterocycles. The van der Waals surface area contributed by atoms with E-state index < -0.39 is 0 Å². The van der Waals surface area contributed by atoms with Crippen molar-refractivity contribution >= 4 is 12.6 Å². The van der Waals surface area contributed by atoms with Gasteiger partial charge in [0.05, 0.1) is 6.61 Å². The fraction of sp³-hybridized carbons (Fsp3) is 0.455. The van der Waals surface area contributed by atoms with Crippen molar-refractivity contribution < 1.29 is 4.74 Å². The molecule has 0 saturated heterocycles. The van der Waals surface area contributed by atoms with E-state index in [0.29, 0.717) is 0 Å². The van der Waals surface area contributed by atoms with Gasteiger partial charge in [-0.25, -0.2) is 0 Å². The molecule has 0 amide bonds. The average Bonchev–Trinajstić information content (AvgIpc) is 2.91. The summed E-state index contributed by atoms with van der Waals surface area (Å²) in [6.45, 7) is 2.92. The molecule has 1 aromatic rings. The number of benzene rings is 1. The van der Waals surface area contributed by atoms with Crippen LogP contribution in [0.25, 0.3) is 0 Å². The van der Waals surface area contributed by atoms with Gasteiger partial charge in [0.2, 0.25) is 0 Å². The lowest BCUT2D eigenvalue weighted by molar-refractivity contribution is 0.299. The Morgan fingerprint density at radius 1 is 1.46 bits per heavy atom. The number of rotatable bonds is 3. The summed E-state index contributed by atoms with van der Waals surface area (Å²) in [6, 6.07) is 6.04. The van der Waals surface area contributed by atoms with E-state index in [1.54, 1.807) is 0 Å². The van der Waals surface area contributed by atoms with Crippen molar-refractivity contribution in [3.63, 3.8) is 0 Å². The van der Waals surface area contributed by atoms with Gasteiger partial charge in [-0.05, 0) is 43.4 Å². The predicted molar refractivity (Wildman–Crippen MR) is 56.7 cm³/mol. The molecular weight excluding hydrogens is 180 g/mol. The highest BCUT2D eigenvalue weighted by Crippen LogP contribution is 2.30. The lowest BCUT2D eigenvalue weighted by Crippen LogP contribution is -1.98. The SMILES string of the molecule is Cc1ccc(OCC2CC2)cc1S. The number of hydrogen-bond donors (Lipinski definition) is 1. The molecule has 70 valence electrons. The highest BCUT2D eigenvalue weighted by molar-refractivity contribution is 7.80. The van der Waals surface area contributed by atoms with E-state index in [-0.39, 0.29) is 0 Å². The maximum atomic E-state index is 5.62. The van der Waals surface area contributed by atoms with Crippen LogP contribution in [0.5, 0.6) is 5.75 Å². The van der Waals surface area contributed by atoms with Crippen molar-refractivity contribution in [2.75, 3.05) is 6.61 Å². The molecule has 0 spiro atoms. The van der Waals surface area contributed by atoms with Crippen LogP contribution in [-0.2, 0) is 0 Å². The molecule has 1 saturated carbocycles. The second kappa shape index (κ2) is 3.62. The van der Waals surface area contributed by atoms with Crippen LogP contribution in [-0.4, -0.2) is 6.61 Å². The molecule has 1 nitrogen and oxygen atoms in total. The largest absolute Gasteiger partial charge is 0.493 e. The van der Waals surface area contributed by atoms with Crippen molar-refractivity contribution in [2.45, 2.75) is 24.7 Å². The van der Waals surface area contributed by atoms with Crippen LogP contribution < -0.4 is 4.74 Å². The Bertz CT molecular complexity index is 305. The van der Waals surface area contributed by atoms with Gasteiger partial charge in [0.15, 0.2) is 0 Å². The normalized spacial score (nSPS) is 15.8. The first kappa shape index (κ1) is 8.95. The molecular formula is C11H14OS. The highest BCUT2D eigenvalue weighted by Gasteiger charge is 2.21. The number of aryl methyl sites for hydroxylation is 1. The van der Waals surface area contributed by atoms with E-state index in [0.717, 1.165) is 23.2 Å². The maximum Gasteiger partial charge on any atom is 0.120 e. The Labute approximate surface area is 84.5 Å². The first-order valence-corrected chi connectivity index (χ1v) is 5.13. The fourth-order valence-corrected chi connectivity index (χ4v) is 1.38. The second-order valence-corrected chi connectivity index (χ2v) is 4.18. The standard InChI is InChI=1S/C11H14OS/c1-8-2-5-10(6-11(8)13)12-7-9-3-4-9/h2,5-6,9,13H,3-4,7H2,1H3. The Kier molecular flexibility index (Phi) is 2.49. The van der Waals surface area contributed by atoms with E-state index in [9.17, 15) is 0 Å². The summed E-state index contributed by atoms with van der Waals surface area (Å²) in [6.07, 6.45) is 2.67. The Morgan fingerprint density at radius 2 is 2.23 bits per heavy atom. The molecule has 0 aromatic heterocycles. The molecule has 0 atom stereocenters. The summed E-state index contributed by atoms with van der Waals surface area (Å²) < 4.78 is 5.62. The Hall–Kier alpha value is -0.630. The van der Waals surface area contributed by atoms with Gasteiger partial charge in [-0.15, -0.1) is 12.6 Å². The molecule has 1 aliphatic carbocycles. The van der Waals surface area contributed by atoms with E-state index in [1.807, 2.05) is 25.1 Å². The van der Waals surface area contributed by atoms with Crippen LogP contribution >= 0.6 is 12.6 Å². The van der Waals surface area contributed by atoms with E-state index in [1.165, 1.54) is 18.4 Å². The van der Waals surface area contributed by atoms with Crippen LogP contribution in [0.4, 0.5) is 0 Å². The van der Waals surface area contributed by atoms with Crippen LogP contribution in [0, 0.1) is 12.8 Å². The number of ether oxygens (including phenoxy) is 1. The van der Waals surface area contributed by atoms with Crippen LogP contribution in [0.3, 0.4) is 0 Å². The van der Waals surface area contributed by atoms with Crippen molar-refractivity contribution in [3.8, 4) is 5.75 Å². The third-order valence-corrected chi connectivity index (χ3v) is 2.85. The summed E-state index contributed by atoms with van der Waals surface area (Å²) in [7, 11) is 0. The smallest absolute Gasteiger partial charge is 0.120 e. The summed E-state index contributed by atoms with van der Waals surface area (Å²) in [5.74, 6) is 1.76. The Balaban J connectivity index is 1.98. The summed E-state index contributed by atoms with van der Waals surface area (Å²) in [5, 5.41) is 0. The van der Waals surface area contributed by atoms with Crippen LogP contribution in [0.2, 0.25) is 0 Å². The quantitative estimate of drug-likeness (QED) is 0.727.